The van der Waals surface area contributed by atoms with E-state index in [1.54, 1.807) is 30.5 Å². The second-order valence-corrected chi connectivity index (χ2v) is 4.88. The number of halogens is 2. The van der Waals surface area contributed by atoms with Gasteiger partial charge in [0.05, 0.1) is 13.0 Å². The molecule has 2 rings (SSSR count). The molecule has 1 aromatic heterocycles. The highest BCUT2D eigenvalue weighted by atomic mass is 35.5. The van der Waals surface area contributed by atoms with Crippen molar-refractivity contribution in [3.8, 4) is 17.6 Å². The summed E-state index contributed by atoms with van der Waals surface area (Å²) in [5.41, 5.74) is 1.92. The fraction of sp³-hybridized carbons (Fsp3) is 0.200. The minimum atomic E-state index is 0.256. The largest absolute Gasteiger partial charge is 0.493 e. The zero-order chi connectivity index (χ0) is 15.2. The molecule has 0 radical (unpaired) electrons. The van der Waals surface area contributed by atoms with Crippen LogP contribution in [0.4, 0.5) is 0 Å². The first-order chi connectivity index (χ1) is 10.2. The third kappa shape index (κ3) is 3.78. The van der Waals surface area contributed by atoms with E-state index in [9.17, 15) is 0 Å². The van der Waals surface area contributed by atoms with E-state index in [2.05, 4.69) is 4.98 Å². The lowest BCUT2D eigenvalue weighted by Gasteiger charge is -2.14. The number of rotatable bonds is 5. The van der Waals surface area contributed by atoms with Crippen molar-refractivity contribution in [2.75, 3.05) is 7.11 Å². The van der Waals surface area contributed by atoms with Crippen LogP contribution in [0.3, 0.4) is 0 Å². The Morgan fingerprint density at radius 1 is 1.33 bits per heavy atom. The molecule has 0 saturated carbocycles. The fourth-order valence-corrected chi connectivity index (χ4v) is 2.25. The van der Waals surface area contributed by atoms with Crippen LogP contribution >= 0.6 is 23.2 Å². The number of aromatic nitrogens is 1. The minimum Gasteiger partial charge on any atom is -0.493 e. The van der Waals surface area contributed by atoms with Crippen molar-refractivity contribution in [1.82, 2.24) is 4.98 Å². The molecule has 108 valence electrons. The summed E-state index contributed by atoms with van der Waals surface area (Å²) < 4.78 is 11.1. The summed E-state index contributed by atoms with van der Waals surface area (Å²) in [5.74, 6) is 1.33. The van der Waals surface area contributed by atoms with Crippen LogP contribution in [0.1, 0.15) is 16.8 Å². The smallest absolute Gasteiger partial charge is 0.166 e. The normalized spacial score (nSPS) is 10.0. The van der Waals surface area contributed by atoms with Crippen LogP contribution in [0, 0.1) is 11.3 Å². The van der Waals surface area contributed by atoms with E-state index in [1.807, 2.05) is 6.07 Å². The number of pyridine rings is 1. The summed E-state index contributed by atoms with van der Waals surface area (Å²) in [5, 5.41) is 9.37. The molecule has 2 aromatic rings. The molecule has 0 amide bonds. The second kappa shape index (κ2) is 7.16. The number of benzene rings is 1. The highest BCUT2D eigenvalue weighted by Gasteiger charge is 2.12. The molecule has 0 spiro atoms. The summed E-state index contributed by atoms with van der Waals surface area (Å²) in [6.45, 7) is 0.277. The maximum absolute atomic E-state index is 8.84. The first-order valence-corrected chi connectivity index (χ1v) is 6.99. The number of hydrogen-bond donors (Lipinski definition) is 0. The molecule has 1 aromatic carbocycles. The summed E-state index contributed by atoms with van der Waals surface area (Å²) in [4.78, 5) is 3.91. The van der Waals surface area contributed by atoms with Crippen LogP contribution < -0.4 is 9.47 Å². The Bertz CT molecular complexity index is 659. The molecule has 4 nitrogen and oxygen atoms in total. The van der Waals surface area contributed by atoms with Crippen LogP contribution in [0.5, 0.6) is 11.5 Å². The van der Waals surface area contributed by atoms with E-state index in [0.717, 1.165) is 11.1 Å². The number of alkyl halides is 1. The molecule has 0 saturated heterocycles. The third-order valence-electron chi connectivity index (χ3n) is 2.78. The number of hydrogen-bond acceptors (Lipinski definition) is 4. The van der Waals surface area contributed by atoms with Crippen molar-refractivity contribution in [3.05, 3.63) is 52.3 Å². The zero-order valence-electron chi connectivity index (χ0n) is 11.3. The summed E-state index contributed by atoms with van der Waals surface area (Å²) in [6, 6.07) is 8.84. The topological polar surface area (TPSA) is 55.1 Å². The average Bonchev–Trinajstić information content (AvgIpc) is 2.52. The molecule has 0 aliphatic rings. The van der Waals surface area contributed by atoms with Crippen molar-refractivity contribution >= 4 is 23.2 Å². The highest BCUT2D eigenvalue weighted by Crippen LogP contribution is 2.36. The quantitative estimate of drug-likeness (QED) is 0.782. The first kappa shape index (κ1) is 15.4. The van der Waals surface area contributed by atoms with E-state index >= 15 is 0 Å². The molecule has 0 atom stereocenters. The molecular formula is C15H12Cl2N2O2. The minimum absolute atomic E-state index is 0.256. The second-order valence-electron chi connectivity index (χ2n) is 4.18. The van der Waals surface area contributed by atoms with Gasteiger partial charge in [0.25, 0.3) is 0 Å². The summed E-state index contributed by atoms with van der Waals surface area (Å²) >= 11 is 11.9. The predicted molar refractivity (Wildman–Crippen MR) is 80.8 cm³/mol. The Labute approximate surface area is 132 Å². The summed E-state index contributed by atoms with van der Waals surface area (Å²) in [6.07, 6.45) is 1.57. The summed E-state index contributed by atoms with van der Waals surface area (Å²) in [7, 11) is 1.54. The predicted octanol–water partition coefficient (Wildman–Crippen LogP) is 3.93. The van der Waals surface area contributed by atoms with Crippen LogP contribution in [0.25, 0.3) is 0 Å². The van der Waals surface area contributed by atoms with Crippen LogP contribution in [0.15, 0.2) is 30.5 Å². The number of methoxy groups -OCH3 is 1. The maximum Gasteiger partial charge on any atom is 0.166 e. The monoisotopic (exact) mass is 322 g/mol. The van der Waals surface area contributed by atoms with Crippen LogP contribution in [-0.2, 0) is 12.5 Å². The molecule has 0 bridgehead atoms. The van der Waals surface area contributed by atoms with Gasteiger partial charge in [0.2, 0.25) is 0 Å². The van der Waals surface area contributed by atoms with Gasteiger partial charge in [0.15, 0.2) is 11.5 Å². The van der Waals surface area contributed by atoms with Gasteiger partial charge in [-0.25, -0.2) is 4.98 Å². The number of ether oxygens (including phenoxy) is 2. The molecule has 0 fully saturated rings. The Balaban J connectivity index is 2.25. The average molecular weight is 323 g/mol. The Morgan fingerprint density at radius 3 is 2.81 bits per heavy atom. The van der Waals surface area contributed by atoms with Gasteiger partial charge in [-0.15, -0.1) is 11.6 Å². The van der Waals surface area contributed by atoms with Gasteiger partial charge in [-0.2, -0.15) is 5.26 Å². The van der Waals surface area contributed by atoms with Crippen LogP contribution in [-0.4, -0.2) is 12.1 Å². The highest BCUT2D eigenvalue weighted by molar-refractivity contribution is 6.31. The molecule has 0 unspecified atom stereocenters. The van der Waals surface area contributed by atoms with E-state index in [-0.39, 0.29) is 12.5 Å². The Hall–Kier alpha value is -1.96. The molecular weight excluding hydrogens is 311 g/mol. The molecule has 6 heteroatoms. The lowest BCUT2D eigenvalue weighted by molar-refractivity contribution is 0.282. The van der Waals surface area contributed by atoms with Gasteiger partial charge in [-0.05, 0) is 23.8 Å². The molecule has 21 heavy (non-hydrogen) atoms. The van der Waals surface area contributed by atoms with E-state index in [1.165, 1.54) is 7.11 Å². The van der Waals surface area contributed by atoms with E-state index in [0.29, 0.717) is 22.2 Å². The SMILES string of the molecule is COc1cc(Cl)cc(CCl)c1OCc1ccnc(C#N)c1. The first-order valence-electron chi connectivity index (χ1n) is 6.08. The van der Waals surface area contributed by atoms with Gasteiger partial charge < -0.3 is 9.47 Å². The molecule has 0 N–H and O–H groups in total. The molecule has 1 heterocycles. The van der Waals surface area contributed by atoms with Gasteiger partial charge in [0, 0.05) is 22.8 Å². The van der Waals surface area contributed by atoms with Gasteiger partial charge >= 0.3 is 0 Å². The van der Waals surface area contributed by atoms with Crippen molar-refractivity contribution in [2.45, 2.75) is 12.5 Å². The lowest BCUT2D eigenvalue weighted by Crippen LogP contribution is -2.01. The maximum atomic E-state index is 8.84. The third-order valence-corrected chi connectivity index (χ3v) is 3.29. The van der Waals surface area contributed by atoms with Gasteiger partial charge in [-0.3, -0.25) is 0 Å². The zero-order valence-corrected chi connectivity index (χ0v) is 12.8. The van der Waals surface area contributed by atoms with Crippen molar-refractivity contribution in [3.63, 3.8) is 0 Å². The van der Waals surface area contributed by atoms with Crippen LogP contribution in [0.2, 0.25) is 5.02 Å². The number of nitrogens with zero attached hydrogens (tertiary/aromatic N) is 2. The molecule has 0 aliphatic carbocycles. The standard InChI is InChI=1S/C15H12Cl2N2O2/c1-20-14-6-12(17)5-11(7-16)15(14)21-9-10-2-3-19-13(4-10)8-18/h2-6H,7,9H2,1H3. The van der Waals surface area contributed by atoms with Gasteiger partial charge in [-0.1, -0.05) is 11.6 Å². The van der Waals surface area contributed by atoms with E-state index < -0.39 is 0 Å². The number of nitriles is 1. The van der Waals surface area contributed by atoms with Crippen molar-refractivity contribution in [1.29, 1.82) is 5.26 Å². The molecule has 0 aliphatic heterocycles. The fourth-order valence-electron chi connectivity index (χ4n) is 1.82. The van der Waals surface area contributed by atoms with Crippen molar-refractivity contribution < 1.29 is 9.47 Å². The van der Waals surface area contributed by atoms with Gasteiger partial charge in [0.1, 0.15) is 18.4 Å². The Kier molecular flexibility index (Phi) is 5.26. The van der Waals surface area contributed by atoms with E-state index in [4.69, 9.17) is 37.9 Å². The Morgan fingerprint density at radius 2 is 2.14 bits per heavy atom. The van der Waals surface area contributed by atoms with Crippen molar-refractivity contribution in [2.24, 2.45) is 0 Å². The lowest BCUT2D eigenvalue weighted by atomic mass is 10.2.